The highest BCUT2D eigenvalue weighted by atomic mass is 15.1. The highest BCUT2D eigenvalue weighted by molar-refractivity contribution is 5.14. The molecule has 1 atom stereocenters. The van der Waals surface area contributed by atoms with Gasteiger partial charge in [-0.3, -0.25) is 4.90 Å². The van der Waals surface area contributed by atoms with Crippen LogP contribution in [0.4, 0.5) is 0 Å². The summed E-state index contributed by atoms with van der Waals surface area (Å²) in [7, 11) is 0. The molecule has 0 radical (unpaired) electrons. The van der Waals surface area contributed by atoms with Crippen LogP contribution in [-0.2, 0) is 6.54 Å². The number of benzene rings is 1. The van der Waals surface area contributed by atoms with Crippen LogP contribution in [0, 0.1) is 11.3 Å². The van der Waals surface area contributed by atoms with E-state index in [1.54, 1.807) is 0 Å². The zero-order valence-electron chi connectivity index (χ0n) is 9.48. The Morgan fingerprint density at radius 3 is 2.53 bits per heavy atom. The van der Waals surface area contributed by atoms with Crippen molar-refractivity contribution in [3.8, 4) is 6.07 Å². The molecule has 1 aromatic rings. The third-order valence-corrected chi connectivity index (χ3v) is 2.47. The van der Waals surface area contributed by atoms with E-state index in [-0.39, 0.29) is 6.04 Å². The Morgan fingerprint density at radius 1 is 1.33 bits per heavy atom. The van der Waals surface area contributed by atoms with Crippen molar-refractivity contribution < 1.29 is 0 Å². The second kappa shape index (κ2) is 6.21. The predicted octanol–water partition coefficient (Wildman–Crippen LogP) is 2.81. The SMILES string of the molecule is CCCN(Cc1ccccc1)C(C)C#N. The summed E-state index contributed by atoms with van der Waals surface area (Å²) in [6.45, 7) is 5.94. The number of nitrogens with zero attached hydrogens (tertiary/aromatic N) is 2. The standard InChI is InChI=1S/C13H18N2/c1-3-9-15(12(2)10-14)11-13-7-5-4-6-8-13/h4-8,12H,3,9,11H2,1-2H3. The Bertz CT molecular complexity index is 313. The van der Waals surface area contributed by atoms with Gasteiger partial charge < -0.3 is 0 Å². The largest absolute Gasteiger partial charge is 0.284 e. The summed E-state index contributed by atoms with van der Waals surface area (Å²) < 4.78 is 0. The maximum atomic E-state index is 8.92. The third kappa shape index (κ3) is 3.73. The van der Waals surface area contributed by atoms with Gasteiger partial charge in [0.05, 0.1) is 12.1 Å². The average Bonchev–Trinajstić information content (AvgIpc) is 2.29. The molecule has 15 heavy (non-hydrogen) atoms. The summed E-state index contributed by atoms with van der Waals surface area (Å²) in [5.74, 6) is 0. The highest BCUT2D eigenvalue weighted by Crippen LogP contribution is 2.08. The van der Waals surface area contributed by atoms with Gasteiger partial charge in [-0.1, -0.05) is 37.3 Å². The van der Waals surface area contributed by atoms with E-state index in [4.69, 9.17) is 5.26 Å². The van der Waals surface area contributed by atoms with Gasteiger partial charge in [0.2, 0.25) is 0 Å². The van der Waals surface area contributed by atoms with E-state index in [1.165, 1.54) is 5.56 Å². The quantitative estimate of drug-likeness (QED) is 0.734. The van der Waals surface area contributed by atoms with Crippen LogP contribution in [0.3, 0.4) is 0 Å². The lowest BCUT2D eigenvalue weighted by Gasteiger charge is -2.23. The van der Waals surface area contributed by atoms with Gasteiger partial charge in [0.1, 0.15) is 0 Å². The normalized spacial score (nSPS) is 12.4. The van der Waals surface area contributed by atoms with E-state index in [1.807, 2.05) is 25.1 Å². The van der Waals surface area contributed by atoms with E-state index in [9.17, 15) is 0 Å². The second-order valence-corrected chi connectivity index (χ2v) is 3.76. The lowest BCUT2D eigenvalue weighted by atomic mass is 10.2. The maximum absolute atomic E-state index is 8.92. The molecule has 0 amide bonds. The van der Waals surface area contributed by atoms with Gasteiger partial charge in [0.25, 0.3) is 0 Å². The summed E-state index contributed by atoms with van der Waals surface area (Å²) in [4.78, 5) is 2.20. The summed E-state index contributed by atoms with van der Waals surface area (Å²) in [5.41, 5.74) is 1.27. The number of nitriles is 1. The van der Waals surface area contributed by atoms with Crippen LogP contribution >= 0.6 is 0 Å². The molecule has 0 saturated heterocycles. The van der Waals surface area contributed by atoms with Crippen molar-refractivity contribution in [2.75, 3.05) is 6.54 Å². The van der Waals surface area contributed by atoms with E-state index in [2.05, 4.69) is 30.0 Å². The fourth-order valence-corrected chi connectivity index (χ4v) is 1.60. The van der Waals surface area contributed by atoms with Crippen molar-refractivity contribution in [1.29, 1.82) is 5.26 Å². The molecule has 0 aliphatic heterocycles. The molecule has 2 heteroatoms. The van der Waals surface area contributed by atoms with Crippen molar-refractivity contribution >= 4 is 0 Å². The first-order valence-corrected chi connectivity index (χ1v) is 5.45. The molecule has 0 aliphatic carbocycles. The second-order valence-electron chi connectivity index (χ2n) is 3.76. The third-order valence-electron chi connectivity index (χ3n) is 2.47. The lowest BCUT2D eigenvalue weighted by molar-refractivity contribution is 0.237. The van der Waals surface area contributed by atoms with Crippen molar-refractivity contribution in [1.82, 2.24) is 4.90 Å². The topological polar surface area (TPSA) is 27.0 Å². The van der Waals surface area contributed by atoms with Crippen LogP contribution in [0.2, 0.25) is 0 Å². The van der Waals surface area contributed by atoms with E-state index in [0.717, 1.165) is 19.5 Å². The molecule has 1 rings (SSSR count). The van der Waals surface area contributed by atoms with Crippen LogP contribution in [0.1, 0.15) is 25.8 Å². The Labute approximate surface area is 92.1 Å². The molecule has 0 saturated carbocycles. The molecular weight excluding hydrogens is 184 g/mol. The first-order valence-electron chi connectivity index (χ1n) is 5.45. The predicted molar refractivity (Wildman–Crippen MR) is 62.2 cm³/mol. The van der Waals surface area contributed by atoms with Gasteiger partial charge in [-0.2, -0.15) is 5.26 Å². The van der Waals surface area contributed by atoms with Gasteiger partial charge >= 0.3 is 0 Å². The monoisotopic (exact) mass is 202 g/mol. The van der Waals surface area contributed by atoms with E-state index < -0.39 is 0 Å². The Morgan fingerprint density at radius 2 is 2.00 bits per heavy atom. The van der Waals surface area contributed by atoms with Gasteiger partial charge in [0, 0.05) is 6.54 Å². The Hall–Kier alpha value is -1.33. The molecule has 0 heterocycles. The first-order chi connectivity index (χ1) is 7.27. The molecule has 1 unspecified atom stereocenters. The number of hydrogen-bond donors (Lipinski definition) is 0. The maximum Gasteiger partial charge on any atom is 0.0952 e. The molecule has 0 fully saturated rings. The Balaban J connectivity index is 2.63. The van der Waals surface area contributed by atoms with Crippen LogP contribution in [0.25, 0.3) is 0 Å². The summed E-state index contributed by atoms with van der Waals surface area (Å²) in [6, 6.07) is 12.6. The zero-order chi connectivity index (χ0) is 11.1. The van der Waals surface area contributed by atoms with Crippen LogP contribution < -0.4 is 0 Å². The van der Waals surface area contributed by atoms with Crippen LogP contribution in [0.15, 0.2) is 30.3 Å². The summed E-state index contributed by atoms with van der Waals surface area (Å²) in [5, 5.41) is 8.92. The van der Waals surface area contributed by atoms with Gasteiger partial charge in [-0.05, 0) is 25.5 Å². The molecule has 80 valence electrons. The minimum atomic E-state index is -0.00911. The van der Waals surface area contributed by atoms with Crippen molar-refractivity contribution in [3.63, 3.8) is 0 Å². The molecule has 0 aliphatic rings. The molecule has 2 nitrogen and oxygen atoms in total. The smallest absolute Gasteiger partial charge is 0.0952 e. The Kier molecular flexibility index (Phi) is 4.86. The van der Waals surface area contributed by atoms with E-state index in [0.29, 0.717) is 0 Å². The van der Waals surface area contributed by atoms with Crippen molar-refractivity contribution in [2.45, 2.75) is 32.9 Å². The average molecular weight is 202 g/mol. The fraction of sp³-hybridized carbons (Fsp3) is 0.462. The summed E-state index contributed by atoms with van der Waals surface area (Å²) in [6.07, 6.45) is 1.08. The van der Waals surface area contributed by atoms with Crippen molar-refractivity contribution in [3.05, 3.63) is 35.9 Å². The zero-order valence-corrected chi connectivity index (χ0v) is 9.48. The van der Waals surface area contributed by atoms with Crippen molar-refractivity contribution in [2.24, 2.45) is 0 Å². The molecule has 0 aromatic heterocycles. The first kappa shape index (κ1) is 11.7. The van der Waals surface area contributed by atoms with Gasteiger partial charge in [-0.15, -0.1) is 0 Å². The van der Waals surface area contributed by atoms with Gasteiger partial charge in [0.15, 0.2) is 0 Å². The molecule has 0 spiro atoms. The summed E-state index contributed by atoms with van der Waals surface area (Å²) >= 11 is 0. The lowest BCUT2D eigenvalue weighted by Crippen LogP contribution is -2.32. The number of hydrogen-bond acceptors (Lipinski definition) is 2. The highest BCUT2D eigenvalue weighted by Gasteiger charge is 2.11. The molecule has 0 N–H and O–H groups in total. The van der Waals surface area contributed by atoms with E-state index >= 15 is 0 Å². The minimum Gasteiger partial charge on any atom is -0.284 e. The molecule has 0 bridgehead atoms. The molecular formula is C13H18N2. The molecule has 1 aromatic carbocycles. The van der Waals surface area contributed by atoms with Crippen LogP contribution in [0.5, 0.6) is 0 Å². The fourth-order valence-electron chi connectivity index (χ4n) is 1.60. The van der Waals surface area contributed by atoms with Crippen LogP contribution in [-0.4, -0.2) is 17.5 Å². The number of rotatable bonds is 5. The minimum absolute atomic E-state index is 0.00911. The van der Waals surface area contributed by atoms with Gasteiger partial charge in [-0.25, -0.2) is 0 Å².